The highest BCUT2D eigenvalue weighted by Gasteiger charge is 2.01. The van der Waals surface area contributed by atoms with Gasteiger partial charge in [0.05, 0.1) is 5.56 Å². The molecule has 26 heavy (non-hydrogen) atoms. The summed E-state index contributed by atoms with van der Waals surface area (Å²) in [6.45, 7) is 3.00. The third-order valence-electron chi connectivity index (χ3n) is 3.99. The summed E-state index contributed by atoms with van der Waals surface area (Å²) < 4.78 is 0. The molecule has 0 amide bonds. The van der Waals surface area contributed by atoms with Gasteiger partial charge in [-0.05, 0) is 61.2 Å². The van der Waals surface area contributed by atoms with E-state index in [9.17, 15) is 4.79 Å². The van der Waals surface area contributed by atoms with Crippen LogP contribution in [0.1, 0.15) is 42.1 Å². The Morgan fingerprint density at radius 1 is 1.12 bits per heavy atom. The van der Waals surface area contributed by atoms with Gasteiger partial charge in [-0.25, -0.2) is 4.79 Å². The first kappa shape index (κ1) is 19.9. The fourth-order valence-corrected chi connectivity index (χ4v) is 2.70. The summed E-state index contributed by atoms with van der Waals surface area (Å²) >= 11 is 5.89. The van der Waals surface area contributed by atoms with E-state index in [1.54, 1.807) is 24.3 Å². The Morgan fingerprint density at radius 3 is 2.46 bits per heavy atom. The molecule has 0 aliphatic rings. The van der Waals surface area contributed by atoms with Crippen molar-refractivity contribution in [2.24, 2.45) is 5.92 Å². The molecule has 0 radical (unpaired) electrons. The topological polar surface area (TPSA) is 49.3 Å². The molecule has 0 aromatic heterocycles. The molecule has 0 fully saturated rings. The number of unbranched alkanes of at least 4 members (excludes halogenated alkanes) is 2. The molecular weight excluding hydrogens is 346 g/mol. The lowest BCUT2D eigenvalue weighted by Crippen LogP contribution is -2.02. The Kier molecular flexibility index (Phi) is 8.05. The van der Waals surface area contributed by atoms with Crippen molar-refractivity contribution in [2.45, 2.75) is 32.6 Å². The van der Waals surface area contributed by atoms with E-state index in [1.807, 2.05) is 12.1 Å². The highest BCUT2D eigenvalue weighted by atomic mass is 35.5. The number of carboxylic acids is 1. The molecule has 0 spiro atoms. The van der Waals surface area contributed by atoms with Gasteiger partial charge in [0.25, 0.3) is 0 Å². The van der Waals surface area contributed by atoms with Crippen molar-refractivity contribution in [3.63, 3.8) is 0 Å². The molecule has 1 atom stereocenters. The van der Waals surface area contributed by atoms with Crippen LogP contribution in [-0.2, 0) is 6.42 Å². The third kappa shape index (κ3) is 7.21. The van der Waals surface area contributed by atoms with Gasteiger partial charge < -0.3 is 10.4 Å². The molecule has 2 aromatic carbocycles. The van der Waals surface area contributed by atoms with Crippen molar-refractivity contribution in [1.29, 1.82) is 0 Å². The van der Waals surface area contributed by atoms with Gasteiger partial charge in [-0.15, -0.1) is 5.92 Å². The Labute approximate surface area is 160 Å². The highest BCUT2D eigenvalue weighted by molar-refractivity contribution is 6.30. The van der Waals surface area contributed by atoms with Gasteiger partial charge in [-0.2, -0.15) is 0 Å². The van der Waals surface area contributed by atoms with Crippen LogP contribution in [0.4, 0.5) is 5.69 Å². The van der Waals surface area contributed by atoms with Crippen LogP contribution >= 0.6 is 11.6 Å². The fourth-order valence-electron chi connectivity index (χ4n) is 2.57. The Bertz CT molecular complexity index is 757. The Morgan fingerprint density at radius 2 is 1.81 bits per heavy atom. The van der Waals surface area contributed by atoms with E-state index in [4.69, 9.17) is 16.7 Å². The van der Waals surface area contributed by atoms with Gasteiger partial charge in [0.15, 0.2) is 0 Å². The lowest BCUT2D eigenvalue weighted by Gasteiger charge is -2.06. The first-order valence-electron chi connectivity index (χ1n) is 8.84. The van der Waals surface area contributed by atoms with Crippen molar-refractivity contribution < 1.29 is 9.90 Å². The zero-order chi connectivity index (χ0) is 18.8. The molecule has 2 N–H and O–H groups in total. The van der Waals surface area contributed by atoms with Crippen LogP contribution in [-0.4, -0.2) is 17.6 Å². The maximum absolute atomic E-state index is 10.8. The van der Waals surface area contributed by atoms with Crippen LogP contribution in [0.15, 0.2) is 48.5 Å². The van der Waals surface area contributed by atoms with Crippen LogP contribution in [0.5, 0.6) is 0 Å². The Hall–Kier alpha value is -2.44. The van der Waals surface area contributed by atoms with E-state index in [1.165, 1.54) is 5.56 Å². The normalized spacial score (nSPS) is 11.3. The van der Waals surface area contributed by atoms with E-state index in [0.29, 0.717) is 11.5 Å². The fraction of sp³-hybridized carbons (Fsp3) is 0.318. The van der Waals surface area contributed by atoms with Crippen LogP contribution in [0.2, 0.25) is 5.02 Å². The molecular formula is C22H24ClNO2. The lowest BCUT2D eigenvalue weighted by atomic mass is 10.0. The zero-order valence-corrected chi connectivity index (χ0v) is 15.7. The average molecular weight is 370 g/mol. The average Bonchev–Trinajstić information content (AvgIpc) is 2.63. The minimum absolute atomic E-state index is 0.304. The number of carboxylic acid groups (broad SMARTS) is 1. The second-order valence-corrected chi connectivity index (χ2v) is 6.76. The quantitative estimate of drug-likeness (QED) is 0.477. The monoisotopic (exact) mass is 369 g/mol. The minimum atomic E-state index is -0.902. The number of halogens is 1. The van der Waals surface area contributed by atoms with Gasteiger partial charge in [-0.1, -0.05) is 36.6 Å². The number of hydrogen-bond acceptors (Lipinski definition) is 2. The predicted molar refractivity (Wildman–Crippen MR) is 108 cm³/mol. The van der Waals surface area contributed by atoms with Gasteiger partial charge >= 0.3 is 5.97 Å². The van der Waals surface area contributed by atoms with E-state index >= 15 is 0 Å². The second kappa shape index (κ2) is 10.5. The van der Waals surface area contributed by atoms with Crippen molar-refractivity contribution in [3.8, 4) is 11.8 Å². The number of carbonyl (C=O) groups is 1. The van der Waals surface area contributed by atoms with Gasteiger partial charge in [0, 0.05) is 29.6 Å². The molecule has 0 bridgehead atoms. The highest BCUT2D eigenvalue weighted by Crippen LogP contribution is 2.13. The summed E-state index contributed by atoms with van der Waals surface area (Å²) in [4.78, 5) is 10.8. The van der Waals surface area contributed by atoms with E-state index in [2.05, 4.69) is 36.2 Å². The number of aromatic carboxylic acids is 1. The number of benzene rings is 2. The molecule has 0 heterocycles. The standard InChI is InChI=1S/C22H24ClNO2/c1-17(16-18-7-11-20(23)12-8-18)6-4-2-3-5-15-24-21-13-9-19(10-14-21)22(25)26/h7-14,17,24H,2-3,5,15-16H2,1H3,(H,25,26). The summed E-state index contributed by atoms with van der Waals surface area (Å²) in [6, 6.07) is 14.7. The molecule has 1 unspecified atom stereocenters. The molecule has 0 saturated heterocycles. The zero-order valence-electron chi connectivity index (χ0n) is 15.0. The summed E-state index contributed by atoms with van der Waals surface area (Å²) in [5.74, 6) is 6.01. The first-order chi connectivity index (χ1) is 12.5. The number of anilines is 1. The second-order valence-electron chi connectivity index (χ2n) is 6.32. The summed E-state index contributed by atoms with van der Waals surface area (Å²) in [7, 11) is 0. The molecule has 136 valence electrons. The van der Waals surface area contributed by atoms with Crippen LogP contribution in [0, 0.1) is 17.8 Å². The summed E-state index contributed by atoms with van der Waals surface area (Å²) in [5, 5.41) is 12.9. The largest absolute Gasteiger partial charge is 0.478 e. The van der Waals surface area contributed by atoms with Crippen LogP contribution in [0.3, 0.4) is 0 Å². The van der Waals surface area contributed by atoms with Crippen molar-refractivity contribution in [1.82, 2.24) is 0 Å². The maximum atomic E-state index is 10.8. The Balaban J connectivity index is 1.61. The van der Waals surface area contributed by atoms with Gasteiger partial charge in [0.2, 0.25) is 0 Å². The van der Waals surface area contributed by atoms with E-state index < -0.39 is 5.97 Å². The maximum Gasteiger partial charge on any atom is 0.335 e. The van der Waals surface area contributed by atoms with E-state index in [-0.39, 0.29) is 0 Å². The van der Waals surface area contributed by atoms with Crippen molar-refractivity contribution >= 4 is 23.3 Å². The molecule has 2 rings (SSSR count). The number of rotatable bonds is 8. The molecule has 4 heteroatoms. The summed E-state index contributed by atoms with van der Waals surface area (Å²) in [6.07, 6.45) is 3.91. The molecule has 2 aromatic rings. The lowest BCUT2D eigenvalue weighted by molar-refractivity contribution is 0.0697. The predicted octanol–water partition coefficient (Wildman–Crippen LogP) is 5.50. The van der Waals surface area contributed by atoms with Gasteiger partial charge in [-0.3, -0.25) is 0 Å². The van der Waals surface area contributed by atoms with Gasteiger partial charge in [0.1, 0.15) is 0 Å². The van der Waals surface area contributed by atoms with Crippen molar-refractivity contribution in [3.05, 3.63) is 64.7 Å². The van der Waals surface area contributed by atoms with Crippen LogP contribution < -0.4 is 5.32 Å². The van der Waals surface area contributed by atoms with E-state index in [0.717, 1.165) is 42.9 Å². The number of nitrogens with one attached hydrogen (secondary N) is 1. The molecule has 0 saturated carbocycles. The molecule has 0 aliphatic heterocycles. The summed E-state index contributed by atoms with van der Waals surface area (Å²) in [5.41, 5.74) is 2.51. The van der Waals surface area contributed by atoms with Crippen LogP contribution in [0.25, 0.3) is 0 Å². The van der Waals surface area contributed by atoms with Crippen molar-refractivity contribution in [2.75, 3.05) is 11.9 Å². The number of hydrogen-bond donors (Lipinski definition) is 2. The SMILES string of the molecule is CC(C#CCCCCNc1ccc(C(=O)O)cc1)Cc1ccc(Cl)cc1. The first-order valence-corrected chi connectivity index (χ1v) is 9.22. The smallest absolute Gasteiger partial charge is 0.335 e. The third-order valence-corrected chi connectivity index (χ3v) is 4.25. The molecule has 3 nitrogen and oxygen atoms in total. The molecule has 0 aliphatic carbocycles. The minimum Gasteiger partial charge on any atom is -0.478 e.